The van der Waals surface area contributed by atoms with Crippen molar-refractivity contribution < 1.29 is 18.3 Å². The van der Waals surface area contributed by atoms with Gasteiger partial charge in [0.15, 0.2) is 5.69 Å². The van der Waals surface area contributed by atoms with Crippen molar-refractivity contribution in [3.8, 4) is 0 Å². The zero-order valence-electron chi connectivity index (χ0n) is 11.8. The van der Waals surface area contributed by atoms with Gasteiger partial charge in [-0.25, -0.2) is 13.2 Å². The second-order valence-electron chi connectivity index (χ2n) is 4.64. The normalized spacial score (nSPS) is 11.4. The van der Waals surface area contributed by atoms with Crippen LogP contribution in [0.1, 0.15) is 21.7 Å². The molecule has 1 aromatic carbocycles. The van der Waals surface area contributed by atoms with Crippen molar-refractivity contribution in [2.45, 2.75) is 18.7 Å². The number of aromatic amines is 1. The van der Waals surface area contributed by atoms with Crippen LogP contribution in [0.2, 0.25) is 0 Å². The topological polar surface area (TPSA) is 103 Å². The molecule has 1 heterocycles. The van der Waals surface area contributed by atoms with Gasteiger partial charge >= 0.3 is 5.97 Å². The maximum atomic E-state index is 12.7. The molecule has 0 fully saturated rings. The Kier molecular flexibility index (Phi) is 3.73. The second kappa shape index (κ2) is 5.21. The molecule has 0 radical (unpaired) electrons. The quantitative estimate of drug-likeness (QED) is 0.892. The van der Waals surface area contributed by atoms with Crippen molar-refractivity contribution in [3.05, 3.63) is 41.2 Å². The van der Waals surface area contributed by atoms with Crippen LogP contribution >= 0.6 is 0 Å². The predicted octanol–water partition coefficient (Wildman–Crippen LogP) is 1.55. The smallest absolute Gasteiger partial charge is 0.357 e. The molecule has 0 atom stereocenters. The van der Waals surface area contributed by atoms with E-state index in [4.69, 9.17) is 5.11 Å². The first kappa shape index (κ1) is 15.0. The molecule has 7 nitrogen and oxygen atoms in total. The number of anilines is 1. The third-order valence-electron chi connectivity index (χ3n) is 3.08. The molecule has 0 saturated carbocycles. The number of H-pyrrole nitrogens is 1. The van der Waals surface area contributed by atoms with E-state index in [-0.39, 0.29) is 10.6 Å². The number of carbonyl (C=O) groups is 1. The summed E-state index contributed by atoms with van der Waals surface area (Å²) in [5, 5.41) is 15.0. The molecule has 2 N–H and O–H groups in total. The minimum Gasteiger partial charge on any atom is -0.476 e. The SMILES string of the molecule is Cc1cccc(N(C)S(=O)(=O)c2c(C(=O)O)n[nH]c2C)c1. The van der Waals surface area contributed by atoms with Crippen LogP contribution in [-0.4, -0.2) is 36.7 Å². The van der Waals surface area contributed by atoms with Crippen molar-refractivity contribution >= 4 is 21.7 Å². The highest BCUT2D eigenvalue weighted by Gasteiger charge is 2.31. The van der Waals surface area contributed by atoms with Crippen LogP contribution in [0.5, 0.6) is 0 Å². The molecule has 2 aromatic rings. The van der Waals surface area contributed by atoms with Crippen LogP contribution in [0.15, 0.2) is 29.2 Å². The van der Waals surface area contributed by atoms with E-state index in [1.807, 2.05) is 13.0 Å². The van der Waals surface area contributed by atoms with Crippen LogP contribution < -0.4 is 4.31 Å². The number of nitrogens with zero attached hydrogens (tertiary/aromatic N) is 2. The summed E-state index contributed by atoms with van der Waals surface area (Å²) in [7, 11) is -2.64. The molecule has 0 aliphatic carbocycles. The highest BCUT2D eigenvalue weighted by atomic mass is 32.2. The molecule has 0 amide bonds. The van der Waals surface area contributed by atoms with Gasteiger partial charge in [-0.05, 0) is 31.5 Å². The van der Waals surface area contributed by atoms with Crippen molar-refractivity contribution in [2.75, 3.05) is 11.4 Å². The van der Waals surface area contributed by atoms with Crippen LogP contribution in [0.4, 0.5) is 5.69 Å². The molecule has 1 aromatic heterocycles. The molecule has 0 unspecified atom stereocenters. The Hall–Kier alpha value is -2.35. The average molecular weight is 309 g/mol. The number of rotatable bonds is 4. The molecule has 0 spiro atoms. The van der Waals surface area contributed by atoms with E-state index < -0.39 is 21.7 Å². The average Bonchev–Trinajstić information content (AvgIpc) is 2.80. The maximum absolute atomic E-state index is 12.7. The summed E-state index contributed by atoms with van der Waals surface area (Å²) >= 11 is 0. The lowest BCUT2D eigenvalue weighted by molar-refractivity contribution is 0.0686. The predicted molar refractivity (Wildman–Crippen MR) is 77.1 cm³/mol. The van der Waals surface area contributed by atoms with Gasteiger partial charge in [-0.2, -0.15) is 5.10 Å². The molecule has 0 aliphatic heterocycles. The molecule has 21 heavy (non-hydrogen) atoms. The molecule has 0 aliphatic rings. The molecular weight excluding hydrogens is 294 g/mol. The number of hydrogen-bond donors (Lipinski definition) is 2. The monoisotopic (exact) mass is 309 g/mol. The third kappa shape index (κ3) is 2.62. The number of aromatic carboxylic acids is 1. The van der Waals surface area contributed by atoms with E-state index in [2.05, 4.69) is 10.2 Å². The van der Waals surface area contributed by atoms with Gasteiger partial charge in [0.1, 0.15) is 4.90 Å². The van der Waals surface area contributed by atoms with E-state index in [1.165, 1.54) is 14.0 Å². The van der Waals surface area contributed by atoms with Crippen molar-refractivity contribution in [1.82, 2.24) is 10.2 Å². The number of carboxylic acids is 1. The van der Waals surface area contributed by atoms with Crippen molar-refractivity contribution in [1.29, 1.82) is 0 Å². The Labute approximate surface area is 122 Å². The fraction of sp³-hybridized carbons (Fsp3) is 0.231. The van der Waals surface area contributed by atoms with Gasteiger partial charge in [0, 0.05) is 7.05 Å². The molecule has 112 valence electrons. The zero-order valence-corrected chi connectivity index (χ0v) is 12.6. The van der Waals surface area contributed by atoms with Gasteiger partial charge in [-0.15, -0.1) is 0 Å². The van der Waals surface area contributed by atoms with Gasteiger partial charge in [0.25, 0.3) is 10.0 Å². The first-order chi connectivity index (χ1) is 9.75. The summed E-state index contributed by atoms with van der Waals surface area (Å²) < 4.78 is 26.4. The Morgan fingerprint density at radius 2 is 2.00 bits per heavy atom. The molecule has 0 bridgehead atoms. The van der Waals surface area contributed by atoms with E-state index in [1.54, 1.807) is 18.2 Å². The maximum Gasteiger partial charge on any atom is 0.357 e. The number of hydrogen-bond acceptors (Lipinski definition) is 4. The van der Waals surface area contributed by atoms with E-state index in [0.29, 0.717) is 5.69 Å². The van der Waals surface area contributed by atoms with Gasteiger partial charge in [-0.1, -0.05) is 12.1 Å². The van der Waals surface area contributed by atoms with Gasteiger partial charge < -0.3 is 5.11 Å². The van der Waals surface area contributed by atoms with E-state index in [9.17, 15) is 13.2 Å². The Bertz CT molecular complexity index is 795. The van der Waals surface area contributed by atoms with Crippen LogP contribution in [0, 0.1) is 13.8 Å². The lowest BCUT2D eigenvalue weighted by Gasteiger charge is -2.19. The number of aromatic nitrogens is 2. The molecular formula is C13H15N3O4S. The highest BCUT2D eigenvalue weighted by molar-refractivity contribution is 7.93. The first-order valence-corrected chi connectivity index (χ1v) is 7.53. The Morgan fingerprint density at radius 3 is 2.57 bits per heavy atom. The lowest BCUT2D eigenvalue weighted by Crippen LogP contribution is -2.28. The second-order valence-corrected chi connectivity index (χ2v) is 6.55. The number of nitrogens with one attached hydrogen (secondary N) is 1. The summed E-state index contributed by atoms with van der Waals surface area (Å²) in [5.41, 5.74) is 1.03. The summed E-state index contributed by atoms with van der Waals surface area (Å²) in [5.74, 6) is -1.39. The third-order valence-corrected chi connectivity index (χ3v) is 5.02. The number of carboxylic acid groups (broad SMARTS) is 1. The number of benzene rings is 1. The summed E-state index contributed by atoms with van der Waals surface area (Å²) in [6.45, 7) is 3.31. The fourth-order valence-electron chi connectivity index (χ4n) is 1.98. The number of aryl methyl sites for hydroxylation is 2. The lowest BCUT2D eigenvalue weighted by atomic mass is 10.2. The van der Waals surface area contributed by atoms with Crippen LogP contribution in [0.3, 0.4) is 0 Å². The Morgan fingerprint density at radius 1 is 1.33 bits per heavy atom. The summed E-state index contributed by atoms with van der Waals surface area (Å²) in [6.07, 6.45) is 0. The van der Waals surface area contributed by atoms with E-state index >= 15 is 0 Å². The fourth-order valence-corrected chi connectivity index (χ4v) is 3.45. The number of sulfonamides is 1. The van der Waals surface area contributed by atoms with Gasteiger partial charge in [0.05, 0.1) is 11.4 Å². The summed E-state index contributed by atoms with van der Waals surface area (Å²) in [6, 6.07) is 6.92. The molecule has 2 rings (SSSR count). The van der Waals surface area contributed by atoms with Gasteiger partial charge in [0.2, 0.25) is 0 Å². The van der Waals surface area contributed by atoms with Gasteiger partial charge in [-0.3, -0.25) is 9.40 Å². The largest absolute Gasteiger partial charge is 0.476 e. The standard InChI is InChI=1S/C13H15N3O4S/c1-8-5-4-6-10(7-8)16(3)21(19,20)12-9(2)14-15-11(12)13(17)18/h4-7H,1-3H3,(H,14,15)(H,17,18). The zero-order chi connectivity index (χ0) is 15.8. The molecule has 8 heteroatoms. The van der Waals surface area contributed by atoms with Crippen molar-refractivity contribution in [2.24, 2.45) is 0 Å². The first-order valence-electron chi connectivity index (χ1n) is 6.09. The van der Waals surface area contributed by atoms with Crippen molar-refractivity contribution in [3.63, 3.8) is 0 Å². The molecule has 0 saturated heterocycles. The minimum atomic E-state index is -4.01. The highest BCUT2D eigenvalue weighted by Crippen LogP contribution is 2.26. The minimum absolute atomic E-state index is 0.187. The van der Waals surface area contributed by atoms with Crippen LogP contribution in [-0.2, 0) is 10.0 Å². The Balaban J connectivity index is 2.57. The van der Waals surface area contributed by atoms with Crippen LogP contribution in [0.25, 0.3) is 0 Å². The van der Waals surface area contributed by atoms with E-state index in [0.717, 1.165) is 9.87 Å². The summed E-state index contributed by atoms with van der Waals surface area (Å²) in [4.78, 5) is 10.8.